The Morgan fingerprint density at radius 3 is 2.50 bits per heavy atom. The Morgan fingerprint density at radius 2 is 2.08 bits per heavy atom. The molecule has 12 heavy (non-hydrogen) atoms. The molecule has 0 aliphatic heterocycles. The summed E-state index contributed by atoms with van der Waals surface area (Å²) < 4.78 is 0. The number of hydrogen-bond donors (Lipinski definition) is 0. The molecular weight excluding hydrogens is 209 g/mol. The van der Waals surface area contributed by atoms with Crippen LogP contribution in [0.15, 0.2) is 23.1 Å². The van der Waals surface area contributed by atoms with Gasteiger partial charge in [0.05, 0.1) is 4.92 Å². The Hall–Kier alpha value is 0.130. The fourth-order valence-corrected chi connectivity index (χ4v) is 1.00. The summed E-state index contributed by atoms with van der Waals surface area (Å²) in [6, 6.07) is 4.20. The van der Waals surface area contributed by atoms with Crippen LogP contribution in [0, 0.1) is 10.1 Å². The molecule has 1 aromatic carbocycles. The third-order valence-electron chi connectivity index (χ3n) is 1.12. The van der Waals surface area contributed by atoms with Gasteiger partial charge in [-0.05, 0) is 6.07 Å². The van der Waals surface area contributed by atoms with Crippen LogP contribution in [0.25, 0.3) is 0 Å². The number of nitro benzene ring substituents is 1. The van der Waals surface area contributed by atoms with Gasteiger partial charge in [0.2, 0.25) is 0 Å². The summed E-state index contributed by atoms with van der Waals surface area (Å²) in [4.78, 5) is 9.91. The molecule has 0 bridgehead atoms. The Bertz CT molecular complexity index is 308. The van der Waals surface area contributed by atoms with Crippen molar-refractivity contribution < 1.29 is 34.5 Å². The second kappa shape index (κ2) is 4.99. The number of benzene rings is 1. The molecule has 0 atom stereocenters. The minimum Gasteiger partial charge on any atom is -0.773 e. The molecule has 0 aliphatic rings. The maximum absolute atomic E-state index is 10.3. The summed E-state index contributed by atoms with van der Waals surface area (Å²) in [6.07, 6.45) is 0. The van der Waals surface area contributed by atoms with Crippen molar-refractivity contribution in [3.63, 3.8) is 0 Å². The zero-order valence-electron chi connectivity index (χ0n) is 6.28. The van der Waals surface area contributed by atoms with E-state index >= 15 is 0 Å². The van der Waals surface area contributed by atoms with E-state index in [9.17, 15) is 10.1 Å². The van der Waals surface area contributed by atoms with Gasteiger partial charge >= 0.3 is 29.6 Å². The quantitative estimate of drug-likeness (QED) is 0.263. The molecule has 0 unspecified atom stereocenters. The molecule has 0 aromatic heterocycles. The minimum atomic E-state index is -0.547. The monoisotopic (exact) mass is 211 g/mol. The van der Waals surface area contributed by atoms with Crippen LogP contribution in [-0.4, -0.2) is 4.92 Å². The van der Waals surface area contributed by atoms with Crippen LogP contribution >= 0.6 is 11.6 Å². The number of nitro groups is 1. The average Bonchev–Trinajstić information content (AvgIpc) is 1.94. The summed E-state index contributed by atoms with van der Waals surface area (Å²) in [5, 5.41) is 10.6. The predicted octanol–water partition coefficient (Wildman–Crippen LogP) is -0.842. The number of nitrogens with zero attached hydrogens (tertiary/aromatic N) is 1. The van der Waals surface area contributed by atoms with E-state index in [1.54, 1.807) is 0 Å². The van der Waals surface area contributed by atoms with Crippen molar-refractivity contribution in [3.05, 3.63) is 33.3 Å². The van der Waals surface area contributed by atoms with Gasteiger partial charge in [0, 0.05) is 11.1 Å². The van der Waals surface area contributed by atoms with Gasteiger partial charge in [-0.3, -0.25) is 10.1 Å². The number of rotatable bonds is 1. The first kappa shape index (κ1) is 12.1. The van der Waals surface area contributed by atoms with E-state index in [-0.39, 0.29) is 40.1 Å². The van der Waals surface area contributed by atoms with E-state index in [1.165, 1.54) is 18.2 Å². The molecule has 0 heterocycles. The zero-order valence-corrected chi connectivity index (χ0v) is 9.85. The molecule has 1 aromatic rings. The van der Waals surface area contributed by atoms with Gasteiger partial charge in [0.25, 0.3) is 5.69 Å². The van der Waals surface area contributed by atoms with Crippen LogP contribution in [0.5, 0.6) is 0 Å². The standard InChI is InChI=1S/C6H4ClNO2S.Na/c7-4-1-2-6(11)5(3-4)8(9)10;/h1-3,11H;/q;+1/p-1. The molecule has 0 fully saturated rings. The smallest absolute Gasteiger partial charge is 0.773 e. The summed E-state index contributed by atoms with van der Waals surface area (Å²) in [5.74, 6) is 0. The van der Waals surface area contributed by atoms with Crippen LogP contribution < -0.4 is 29.6 Å². The van der Waals surface area contributed by atoms with Crippen LogP contribution in [0.4, 0.5) is 5.69 Å². The third kappa shape index (κ3) is 2.88. The predicted molar refractivity (Wildman–Crippen MR) is 43.7 cm³/mol. The SMILES string of the molecule is O=[N+]([O-])c1cc(Cl)ccc1[S-].[Na+]. The molecule has 0 saturated carbocycles. The molecule has 0 radical (unpaired) electrons. The van der Waals surface area contributed by atoms with Crippen molar-refractivity contribution in [3.8, 4) is 0 Å². The van der Waals surface area contributed by atoms with E-state index in [0.717, 1.165) is 0 Å². The fraction of sp³-hybridized carbons (Fsp3) is 0. The zero-order chi connectivity index (χ0) is 8.43. The Morgan fingerprint density at radius 1 is 1.50 bits per heavy atom. The maximum Gasteiger partial charge on any atom is 1.00 e. The van der Waals surface area contributed by atoms with Gasteiger partial charge in [0.15, 0.2) is 0 Å². The van der Waals surface area contributed by atoms with Gasteiger partial charge in [-0.1, -0.05) is 22.6 Å². The molecule has 58 valence electrons. The summed E-state index contributed by atoms with van der Waals surface area (Å²) in [5.41, 5.74) is -0.118. The Balaban J connectivity index is 0.00000121. The number of hydrogen-bond acceptors (Lipinski definition) is 3. The second-order valence-electron chi connectivity index (χ2n) is 1.87. The molecule has 0 saturated heterocycles. The molecule has 0 amide bonds. The molecule has 0 aliphatic carbocycles. The third-order valence-corrected chi connectivity index (χ3v) is 1.70. The molecule has 0 N–H and O–H groups in total. The van der Waals surface area contributed by atoms with Crippen LogP contribution in [-0.2, 0) is 12.6 Å². The topological polar surface area (TPSA) is 43.1 Å². The van der Waals surface area contributed by atoms with Gasteiger partial charge < -0.3 is 12.6 Å². The van der Waals surface area contributed by atoms with Crippen molar-refractivity contribution >= 4 is 29.9 Å². The van der Waals surface area contributed by atoms with Crippen LogP contribution in [0.1, 0.15) is 0 Å². The largest absolute Gasteiger partial charge is 1.00 e. The van der Waals surface area contributed by atoms with E-state index in [2.05, 4.69) is 12.6 Å². The fourth-order valence-electron chi connectivity index (χ4n) is 0.633. The summed E-state index contributed by atoms with van der Waals surface area (Å²) in [6.45, 7) is 0. The summed E-state index contributed by atoms with van der Waals surface area (Å²) in [7, 11) is 0. The van der Waals surface area contributed by atoms with Crippen molar-refractivity contribution in [2.24, 2.45) is 0 Å². The van der Waals surface area contributed by atoms with Gasteiger partial charge in [-0.25, -0.2) is 0 Å². The van der Waals surface area contributed by atoms with Gasteiger partial charge in [0.1, 0.15) is 0 Å². The van der Waals surface area contributed by atoms with Crippen molar-refractivity contribution in [1.29, 1.82) is 0 Å². The average molecular weight is 212 g/mol. The first-order chi connectivity index (χ1) is 5.11. The Kier molecular flexibility index (Phi) is 5.04. The summed E-state index contributed by atoms with van der Waals surface area (Å²) >= 11 is 10.2. The van der Waals surface area contributed by atoms with E-state index < -0.39 is 4.92 Å². The minimum absolute atomic E-state index is 0. The maximum atomic E-state index is 10.3. The molecule has 3 nitrogen and oxygen atoms in total. The van der Waals surface area contributed by atoms with E-state index in [0.29, 0.717) is 5.02 Å². The molecular formula is C6H3ClNNaO2S. The van der Waals surface area contributed by atoms with E-state index in [4.69, 9.17) is 11.6 Å². The van der Waals surface area contributed by atoms with E-state index in [1.807, 2.05) is 0 Å². The Labute approximate surface area is 102 Å². The second-order valence-corrected chi connectivity index (χ2v) is 2.75. The van der Waals surface area contributed by atoms with Crippen LogP contribution in [0.2, 0.25) is 5.02 Å². The first-order valence-electron chi connectivity index (χ1n) is 2.72. The normalized spacial score (nSPS) is 8.75. The van der Waals surface area contributed by atoms with Crippen molar-refractivity contribution in [2.45, 2.75) is 4.90 Å². The molecule has 6 heteroatoms. The molecule has 0 spiro atoms. The van der Waals surface area contributed by atoms with Crippen molar-refractivity contribution in [1.82, 2.24) is 0 Å². The van der Waals surface area contributed by atoms with Crippen LogP contribution in [0.3, 0.4) is 0 Å². The van der Waals surface area contributed by atoms with Crippen molar-refractivity contribution in [2.75, 3.05) is 0 Å². The molecule has 1 rings (SSSR count). The van der Waals surface area contributed by atoms with Gasteiger partial charge in [-0.2, -0.15) is 0 Å². The van der Waals surface area contributed by atoms with Gasteiger partial charge in [-0.15, -0.1) is 0 Å². The first-order valence-corrected chi connectivity index (χ1v) is 3.51. The number of halogens is 1.